The molecule has 0 saturated carbocycles. The highest BCUT2D eigenvalue weighted by molar-refractivity contribution is 9.10. The van der Waals surface area contributed by atoms with Crippen molar-refractivity contribution in [3.63, 3.8) is 0 Å². The van der Waals surface area contributed by atoms with Crippen LogP contribution in [0.3, 0.4) is 0 Å². The molecule has 8 heteroatoms. The van der Waals surface area contributed by atoms with Crippen molar-refractivity contribution < 1.29 is 22.6 Å². The number of hydrogen-bond acceptors (Lipinski definition) is 3. The average Bonchev–Trinajstić information content (AvgIpc) is 2.13. The molecule has 0 aliphatic heterocycles. The minimum absolute atomic E-state index is 0.233. The van der Waals surface area contributed by atoms with Crippen LogP contribution in [0.4, 0.5) is 18.9 Å². The van der Waals surface area contributed by atoms with Gasteiger partial charge in [0.2, 0.25) is 0 Å². The molecule has 1 aromatic carbocycles. The lowest BCUT2D eigenvalue weighted by molar-refractivity contribution is -0.325. The van der Waals surface area contributed by atoms with Crippen LogP contribution in [0.2, 0.25) is 5.02 Å². The number of benzene rings is 1. The van der Waals surface area contributed by atoms with Crippen molar-refractivity contribution in [1.82, 2.24) is 0 Å². The molecule has 0 amide bonds. The lowest BCUT2D eigenvalue weighted by Gasteiger charge is -2.12. The first-order valence-electron chi connectivity index (χ1n) is 4.37. The number of alkyl halides is 3. The second kappa shape index (κ2) is 5.79. The summed E-state index contributed by atoms with van der Waals surface area (Å²) in [5.74, 6) is 0.236. The molecule has 0 fully saturated rings. The van der Waals surface area contributed by atoms with Crippen LogP contribution in [0.5, 0.6) is 5.75 Å². The Balaban J connectivity index is 2.53. The maximum absolute atomic E-state index is 11.7. The number of nitrogens with two attached hydrogens (primary N) is 1. The van der Waals surface area contributed by atoms with E-state index in [1.165, 1.54) is 12.1 Å². The first-order chi connectivity index (χ1) is 7.79. The van der Waals surface area contributed by atoms with Gasteiger partial charge in [-0.05, 0) is 28.1 Å². The molecule has 1 rings (SSSR count). The monoisotopic (exact) mass is 333 g/mol. The van der Waals surface area contributed by atoms with Crippen molar-refractivity contribution in [3.8, 4) is 5.75 Å². The standard InChI is InChI=1S/C9H8BrClF3NO2/c10-6-3-5(11)4-7(15)8(6)16-1-2-17-9(12,13)14/h3-4H,1-2,15H2. The van der Waals surface area contributed by atoms with Gasteiger partial charge in [-0.3, -0.25) is 4.74 Å². The van der Waals surface area contributed by atoms with E-state index >= 15 is 0 Å². The third-order valence-electron chi connectivity index (χ3n) is 1.63. The summed E-state index contributed by atoms with van der Waals surface area (Å²) in [6.45, 7) is -0.887. The minimum atomic E-state index is -4.66. The molecule has 0 atom stereocenters. The minimum Gasteiger partial charge on any atom is -0.488 e. The van der Waals surface area contributed by atoms with Gasteiger partial charge in [-0.1, -0.05) is 11.6 Å². The van der Waals surface area contributed by atoms with Crippen LogP contribution in [-0.2, 0) is 4.74 Å². The van der Waals surface area contributed by atoms with E-state index in [1.54, 1.807) is 0 Å². The zero-order valence-corrected chi connectivity index (χ0v) is 10.7. The van der Waals surface area contributed by atoms with E-state index in [-0.39, 0.29) is 18.0 Å². The summed E-state index contributed by atoms with van der Waals surface area (Å²) < 4.78 is 44.1. The van der Waals surface area contributed by atoms with Gasteiger partial charge >= 0.3 is 6.36 Å². The molecule has 0 saturated heterocycles. The first kappa shape index (κ1) is 14.4. The molecular formula is C9H8BrClF3NO2. The van der Waals surface area contributed by atoms with E-state index in [4.69, 9.17) is 22.1 Å². The van der Waals surface area contributed by atoms with Crippen LogP contribution in [0.1, 0.15) is 0 Å². The Morgan fingerprint density at radius 3 is 2.47 bits per heavy atom. The highest BCUT2D eigenvalue weighted by Crippen LogP contribution is 2.34. The molecule has 96 valence electrons. The van der Waals surface area contributed by atoms with Gasteiger partial charge in [-0.15, -0.1) is 13.2 Å². The molecule has 0 spiro atoms. The largest absolute Gasteiger partial charge is 0.522 e. The molecule has 0 unspecified atom stereocenters. The second-order valence-corrected chi connectivity index (χ2v) is 4.24. The predicted molar refractivity (Wildman–Crippen MR) is 61.1 cm³/mol. The van der Waals surface area contributed by atoms with Crippen molar-refractivity contribution in [1.29, 1.82) is 0 Å². The normalized spacial score (nSPS) is 11.6. The topological polar surface area (TPSA) is 44.5 Å². The molecule has 3 nitrogen and oxygen atoms in total. The highest BCUT2D eigenvalue weighted by atomic mass is 79.9. The average molecular weight is 335 g/mol. The van der Waals surface area contributed by atoms with Gasteiger partial charge in [0.1, 0.15) is 6.61 Å². The van der Waals surface area contributed by atoms with Crippen LogP contribution in [0.15, 0.2) is 16.6 Å². The smallest absolute Gasteiger partial charge is 0.488 e. The van der Waals surface area contributed by atoms with E-state index in [9.17, 15) is 13.2 Å². The first-order valence-corrected chi connectivity index (χ1v) is 5.54. The van der Waals surface area contributed by atoms with Gasteiger partial charge in [0.05, 0.1) is 16.8 Å². The summed E-state index contributed by atoms with van der Waals surface area (Å²) >= 11 is 8.84. The maximum atomic E-state index is 11.7. The molecule has 0 aliphatic carbocycles. The summed E-state index contributed by atoms with van der Waals surface area (Å²) in [6, 6.07) is 2.96. The molecule has 0 heterocycles. The SMILES string of the molecule is Nc1cc(Cl)cc(Br)c1OCCOC(F)(F)F. The number of ether oxygens (including phenoxy) is 2. The van der Waals surface area contributed by atoms with Gasteiger partial charge < -0.3 is 10.5 Å². The fraction of sp³-hybridized carbons (Fsp3) is 0.333. The van der Waals surface area contributed by atoms with E-state index in [0.717, 1.165) is 0 Å². The van der Waals surface area contributed by atoms with E-state index < -0.39 is 13.0 Å². The van der Waals surface area contributed by atoms with Crippen LogP contribution in [-0.4, -0.2) is 19.6 Å². The van der Waals surface area contributed by atoms with Crippen LogP contribution < -0.4 is 10.5 Å². The molecule has 0 radical (unpaired) electrons. The highest BCUT2D eigenvalue weighted by Gasteiger charge is 2.28. The Kier molecular flexibility index (Phi) is 4.91. The van der Waals surface area contributed by atoms with Gasteiger partial charge in [0.25, 0.3) is 0 Å². The van der Waals surface area contributed by atoms with Crippen molar-refractivity contribution >= 4 is 33.2 Å². The van der Waals surface area contributed by atoms with Crippen molar-refractivity contribution in [2.45, 2.75) is 6.36 Å². The summed E-state index contributed by atoms with van der Waals surface area (Å²) in [6.07, 6.45) is -4.66. The number of anilines is 1. The Morgan fingerprint density at radius 2 is 1.94 bits per heavy atom. The van der Waals surface area contributed by atoms with Crippen LogP contribution >= 0.6 is 27.5 Å². The van der Waals surface area contributed by atoms with Gasteiger partial charge in [0, 0.05) is 5.02 Å². The number of rotatable bonds is 4. The number of nitrogen functional groups attached to an aromatic ring is 1. The Labute approximate surface area is 109 Å². The van der Waals surface area contributed by atoms with Crippen molar-refractivity contribution in [3.05, 3.63) is 21.6 Å². The van der Waals surface area contributed by atoms with Gasteiger partial charge in [0.15, 0.2) is 5.75 Å². The molecule has 0 aromatic heterocycles. The van der Waals surface area contributed by atoms with E-state index in [0.29, 0.717) is 9.50 Å². The number of hydrogen-bond donors (Lipinski definition) is 1. The lowest BCUT2D eigenvalue weighted by atomic mass is 10.3. The maximum Gasteiger partial charge on any atom is 0.522 e. The number of halogens is 5. The predicted octanol–water partition coefficient (Wildman–Crippen LogP) is 3.60. The fourth-order valence-corrected chi connectivity index (χ4v) is 1.98. The summed E-state index contributed by atoms with van der Waals surface area (Å²) in [5.41, 5.74) is 5.82. The van der Waals surface area contributed by atoms with Crippen molar-refractivity contribution in [2.24, 2.45) is 0 Å². The van der Waals surface area contributed by atoms with E-state index in [2.05, 4.69) is 20.7 Å². The molecule has 0 aliphatic rings. The molecule has 17 heavy (non-hydrogen) atoms. The third-order valence-corrected chi connectivity index (χ3v) is 2.44. The van der Waals surface area contributed by atoms with Gasteiger partial charge in [-0.2, -0.15) is 0 Å². The Morgan fingerprint density at radius 1 is 1.29 bits per heavy atom. The fourth-order valence-electron chi connectivity index (χ4n) is 1.03. The quantitative estimate of drug-likeness (QED) is 0.676. The summed E-state index contributed by atoms with van der Waals surface area (Å²) in [4.78, 5) is 0. The lowest BCUT2D eigenvalue weighted by Crippen LogP contribution is -2.18. The zero-order valence-electron chi connectivity index (χ0n) is 8.35. The molecule has 2 N–H and O–H groups in total. The third kappa shape index (κ3) is 5.01. The van der Waals surface area contributed by atoms with Crippen LogP contribution in [0, 0.1) is 0 Å². The Bertz CT molecular complexity index is 377. The Hall–Kier alpha value is -0.660. The second-order valence-electron chi connectivity index (χ2n) is 2.95. The van der Waals surface area contributed by atoms with Gasteiger partial charge in [-0.25, -0.2) is 0 Å². The molecular weight excluding hydrogens is 326 g/mol. The van der Waals surface area contributed by atoms with E-state index in [1.807, 2.05) is 0 Å². The zero-order chi connectivity index (χ0) is 13.1. The van der Waals surface area contributed by atoms with Crippen LogP contribution in [0.25, 0.3) is 0 Å². The summed E-state index contributed by atoms with van der Waals surface area (Å²) in [7, 11) is 0. The van der Waals surface area contributed by atoms with Crippen molar-refractivity contribution in [2.75, 3.05) is 18.9 Å². The molecule has 0 bridgehead atoms. The summed E-state index contributed by atoms with van der Waals surface area (Å²) in [5, 5.41) is 0.397. The molecule has 1 aromatic rings.